The van der Waals surface area contributed by atoms with Crippen molar-refractivity contribution in [1.82, 2.24) is 15.3 Å². The van der Waals surface area contributed by atoms with Gasteiger partial charge in [-0.1, -0.05) is 35.9 Å². The molecule has 7 heteroatoms. The number of nitrogens with one attached hydrogen (secondary N) is 3. The molecule has 2 aromatic carbocycles. The summed E-state index contributed by atoms with van der Waals surface area (Å²) < 4.78 is 5.50. The summed E-state index contributed by atoms with van der Waals surface area (Å²) in [4.78, 5) is 21.4. The van der Waals surface area contributed by atoms with Crippen molar-refractivity contribution in [3.05, 3.63) is 66.0 Å². The molecular weight excluding hydrogens is 390 g/mol. The molecule has 3 N–H and O–H groups in total. The standard InChI is InChI=1S/C24H27N5O2/c1-31-22-15-20-19(14-21(22)29-23(30)13-18-7-10-25-11-8-18)24(28-16-27-20)26-12-9-17-5-3-2-4-6-17/h2-6,13-16,25H,7-12H2,1H3,(H,29,30)(H,26,27,28). The van der Waals surface area contributed by atoms with Crippen molar-refractivity contribution >= 4 is 28.3 Å². The minimum Gasteiger partial charge on any atom is -0.494 e. The van der Waals surface area contributed by atoms with Crippen LogP contribution in [0.15, 0.2) is 60.4 Å². The van der Waals surface area contributed by atoms with Gasteiger partial charge in [0.25, 0.3) is 0 Å². The third kappa shape index (κ3) is 5.38. The molecule has 0 bridgehead atoms. The zero-order chi connectivity index (χ0) is 21.5. The Morgan fingerprint density at radius 3 is 2.74 bits per heavy atom. The first-order valence-electron chi connectivity index (χ1n) is 10.5. The van der Waals surface area contributed by atoms with Crippen molar-refractivity contribution < 1.29 is 9.53 Å². The van der Waals surface area contributed by atoms with E-state index in [9.17, 15) is 4.79 Å². The molecule has 0 radical (unpaired) electrons. The number of hydrogen-bond donors (Lipinski definition) is 3. The summed E-state index contributed by atoms with van der Waals surface area (Å²) in [6, 6.07) is 14.0. The molecule has 160 valence electrons. The topological polar surface area (TPSA) is 88.2 Å². The molecular formula is C24H27N5O2. The number of piperidine rings is 1. The molecule has 0 atom stereocenters. The Labute approximate surface area is 181 Å². The van der Waals surface area contributed by atoms with Gasteiger partial charge in [0.15, 0.2) is 0 Å². The van der Waals surface area contributed by atoms with Gasteiger partial charge in [-0.2, -0.15) is 0 Å². The minimum atomic E-state index is -0.148. The van der Waals surface area contributed by atoms with Crippen LogP contribution in [0.1, 0.15) is 18.4 Å². The number of rotatable bonds is 7. The van der Waals surface area contributed by atoms with Gasteiger partial charge in [-0.25, -0.2) is 9.97 Å². The number of amides is 1. The highest BCUT2D eigenvalue weighted by atomic mass is 16.5. The van der Waals surface area contributed by atoms with Crippen LogP contribution in [0.3, 0.4) is 0 Å². The van der Waals surface area contributed by atoms with E-state index in [2.05, 4.69) is 38.1 Å². The summed E-state index contributed by atoms with van der Waals surface area (Å²) in [6.45, 7) is 2.56. The quantitative estimate of drug-likeness (QED) is 0.510. The van der Waals surface area contributed by atoms with Crippen LogP contribution >= 0.6 is 0 Å². The van der Waals surface area contributed by atoms with Gasteiger partial charge in [0, 0.05) is 24.1 Å². The second-order valence-corrected chi connectivity index (χ2v) is 7.50. The number of hydrogen-bond acceptors (Lipinski definition) is 6. The highest BCUT2D eigenvalue weighted by molar-refractivity contribution is 6.03. The first kappa shape index (κ1) is 20.8. The van der Waals surface area contributed by atoms with Crippen molar-refractivity contribution in [1.29, 1.82) is 0 Å². The Morgan fingerprint density at radius 1 is 1.16 bits per heavy atom. The van der Waals surface area contributed by atoms with Crippen LogP contribution in [0.25, 0.3) is 10.9 Å². The molecule has 1 amide bonds. The number of carbonyl (C=O) groups is 1. The molecule has 0 saturated carbocycles. The van der Waals surface area contributed by atoms with Gasteiger partial charge >= 0.3 is 0 Å². The van der Waals surface area contributed by atoms with Crippen LogP contribution in [-0.2, 0) is 11.2 Å². The SMILES string of the molecule is COc1cc2ncnc(NCCc3ccccc3)c2cc1NC(=O)C=C1CCNCC1. The Morgan fingerprint density at radius 2 is 1.97 bits per heavy atom. The Balaban J connectivity index is 1.54. The van der Waals surface area contributed by atoms with Gasteiger partial charge in [-0.15, -0.1) is 0 Å². The summed E-state index contributed by atoms with van der Waals surface area (Å²) >= 11 is 0. The maximum atomic E-state index is 12.6. The lowest BCUT2D eigenvalue weighted by atomic mass is 10.1. The summed E-state index contributed by atoms with van der Waals surface area (Å²) in [5.41, 5.74) is 3.77. The number of nitrogens with zero attached hydrogens (tertiary/aromatic N) is 2. The largest absolute Gasteiger partial charge is 0.494 e. The second-order valence-electron chi connectivity index (χ2n) is 7.50. The van der Waals surface area contributed by atoms with Gasteiger partial charge in [0.1, 0.15) is 17.9 Å². The van der Waals surface area contributed by atoms with Crippen LogP contribution in [0.4, 0.5) is 11.5 Å². The number of ether oxygens (including phenoxy) is 1. The van der Waals surface area contributed by atoms with Crippen LogP contribution < -0.4 is 20.7 Å². The number of benzene rings is 2. The third-order valence-corrected chi connectivity index (χ3v) is 5.34. The Kier molecular flexibility index (Phi) is 6.74. The molecule has 1 aliphatic heterocycles. The van der Waals surface area contributed by atoms with Gasteiger partial charge in [0.2, 0.25) is 5.91 Å². The molecule has 0 spiro atoms. The molecule has 0 aliphatic carbocycles. The van der Waals surface area contributed by atoms with E-state index in [1.807, 2.05) is 30.3 Å². The molecule has 0 unspecified atom stereocenters. The lowest BCUT2D eigenvalue weighted by Crippen LogP contribution is -2.24. The van der Waals surface area contributed by atoms with Crippen molar-refractivity contribution in [2.24, 2.45) is 0 Å². The van der Waals surface area contributed by atoms with E-state index in [0.717, 1.165) is 61.2 Å². The summed E-state index contributed by atoms with van der Waals surface area (Å²) in [6.07, 6.45) is 5.91. The average Bonchev–Trinajstić information content (AvgIpc) is 2.80. The van der Waals surface area contributed by atoms with Crippen molar-refractivity contribution in [2.45, 2.75) is 19.3 Å². The fraction of sp³-hybridized carbons (Fsp3) is 0.292. The Hall–Kier alpha value is -3.45. The first-order chi connectivity index (χ1) is 15.2. The van der Waals surface area contributed by atoms with Gasteiger partial charge in [0.05, 0.1) is 18.3 Å². The van der Waals surface area contributed by atoms with Crippen molar-refractivity contribution in [3.63, 3.8) is 0 Å². The van der Waals surface area contributed by atoms with E-state index in [0.29, 0.717) is 11.4 Å². The molecule has 1 aromatic heterocycles. The molecule has 3 aromatic rings. The van der Waals surface area contributed by atoms with E-state index >= 15 is 0 Å². The van der Waals surface area contributed by atoms with Gasteiger partial charge in [-0.05, 0) is 44.0 Å². The molecule has 31 heavy (non-hydrogen) atoms. The van der Waals surface area contributed by atoms with Crippen molar-refractivity contribution in [2.75, 3.05) is 37.4 Å². The molecule has 1 saturated heterocycles. The van der Waals surface area contributed by atoms with E-state index in [-0.39, 0.29) is 5.91 Å². The average molecular weight is 418 g/mol. The molecule has 2 heterocycles. The van der Waals surface area contributed by atoms with Gasteiger partial charge in [-0.3, -0.25) is 4.79 Å². The predicted molar refractivity (Wildman–Crippen MR) is 124 cm³/mol. The number of carbonyl (C=O) groups excluding carboxylic acids is 1. The predicted octanol–water partition coefficient (Wildman–Crippen LogP) is 3.54. The van der Waals surface area contributed by atoms with Crippen molar-refractivity contribution in [3.8, 4) is 5.75 Å². The zero-order valence-corrected chi connectivity index (χ0v) is 17.6. The maximum absolute atomic E-state index is 12.6. The number of anilines is 2. The summed E-state index contributed by atoms with van der Waals surface area (Å²) in [5, 5.41) is 10.5. The molecule has 1 fully saturated rings. The highest BCUT2D eigenvalue weighted by Crippen LogP contribution is 2.32. The van der Waals surface area contributed by atoms with Crippen LogP contribution in [-0.4, -0.2) is 42.6 Å². The minimum absolute atomic E-state index is 0.148. The normalized spacial score (nSPS) is 13.6. The highest BCUT2D eigenvalue weighted by Gasteiger charge is 2.13. The molecule has 4 rings (SSSR count). The number of methoxy groups -OCH3 is 1. The number of fused-ring (bicyclic) bond motifs is 1. The fourth-order valence-electron chi connectivity index (χ4n) is 3.71. The third-order valence-electron chi connectivity index (χ3n) is 5.34. The fourth-order valence-corrected chi connectivity index (χ4v) is 3.71. The van der Waals surface area contributed by atoms with E-state index in [1.54, 1.807) is 13.2 Å². The number of aromatic nitrogens is 2. The van der Waals surface area contributed by atoms with E-state index < -0.39 is 0 Å². The molecule has 1 aliphatic rings. The van der Waals surface area contributed by atoms with Crippen LogP contribution in [0.5, 0.6) is 5.75 Å². The summed E-state index contributed by atoms with van der Waals surface area (Å²) in [5.74, 6) is 1.15. The van der Waals surface area contributed by atoms with Gasteiger partial charge < -0.3 is 20.7 Å². The second kappa shape index (κ2) is 10.0. The maximum Gasteiger partial charge on any atom is 0.248 e. The van der Waals surface area contributed by atoms with E-state index in [1.165, 1.54) is 11.9 Å². The molecule has 7 nitrogen and oxygen atoms in total. The van der Waals surface area contributed by atoms with E-state index in [4.69, 9.17) is 4.74 Å². The lowest BCUT2D eigenvalue weighted by Gasteiger charge is -2.16. The zero-order valence-electron chi connectivity index (χ0n) is 17.6. The Bertz CT molecular complexity index is 1070. The lowest BCUT2D eigenvalue weighted by molar-refractivity contribution is -0.112. The first-order valence-corrected chi connectivity index (χ1v) is 10.5. The van der Waals surface area contributed by atoms with Crippen LogP contribution in [0.2, 0.25) is 0 Å². The summed E-state index contributed by atoms with van der Waals surface area (Å²) in [7, 11) is 1.59. The van der Waals surface area contributed by atoms with Crippen LogP contribution in [0, 0.1) is 0 Å². The smallest absolute Gasteiger partial charge is 0.248 e. The monoisotopic (exact) mass is 417 g/mol.